The highest BCUT2D eigenvalue weighted by Gasteiger charge is 2.37. The van der Waals surface area contributed by atoms with Crippen LogP contribution in [0.15, 0.2) is 0 Å². The zero-order valence-electron chi connectivity index (χ0n) is 13.6. The Morgan fingerprint density at radius 1 is 1.22 bits per heavy atom. The van der Waals surface area contributed by atoms with E-state index in [1.807, 2.05) is 0 Å². The molecule has 0 aromatic rings. The topological polar surface area (TPSA) is 15.3 Å². The van der Waals surface area contributed by atoms with Crippen molar-refractivity contribution >= 4 is 0 Å². The fourth-order valence-corrected chi connectivity index (χ4v) is 3.62. The fourth-order valence-electron chi connectivity index (χ4n) is 3.62. The minimum absolute atomic E-state index is 0.525. The average Bonchev–Trinajstić information content (AvgIpc) is 2.36. The Hall–Kier alpha value is -0.0800. The van der Waals surface area contributed by atoms with Gasteiger partial charge in [0.1, 0.15) is 0 Å². The molecule has 1 aliphatic rings. The first kappa shape index (κ1) is 16.0. The molecule has 0 aromatic carbocycles. The first-order valence-electron chi connectivity index (χ1n) is 7.60. The molecule has 0 radical (unpaired) electrons. The molecule has 2 heteroatoms. The van der Waals surface area contributed by atoms with E-state index < -0.39 is 0 Å². The number of likely N-dealkylation sites (N-methyl/N-ethyl adjacent to an activating group) is 1. The van der Waals surface area contributed by atoms with Gasteiger partial charge in [0.2, 0.25) is 0 Å². The van der Waals surface area contributed by atoms with Gasteiger partial charge in [0.25, 0.3) is 0 Å². The van der Waals surface area contributed by atoms with Crippen molar-refractivity contribution in [2.45, 2.75) is 66.0 Å². The molecule has 0 heterocycles. The molecule has 2 nitrogen and oxygen atoms in total. The Balaban J connectivity index is 2.54. The Morgan fingerprint density at radius 3 is 2.22 bits per heavy atom. The first-order valence-corrected chi connectivity index (χ1v) is 7.60. The molecule has 0 aliphatic heterocycles. The van der Waals surface area contributed by atoms with Crippen LogP contribution in [-0.2, 0) is 0 Å². The molecule has 0 spiro atoms. The summed E-state index contributed by atoms with van der Waals surface area (Å²) in [4.78, 5) is 2.31. The van der Waals surface area contributed by atoms with Crippen molar-refractivity contribution in [1.29, 1.82) is 0 Å². The smallest absolute Gasteiger partial charge is 0.0199 e. The van der Waals surface area contributed by atoms with Crippen LogP contribution in [0.3, 0.4) is 0 Å². The van der Waals surface area contributed by atoms with Gasteiger partial charge in [-0.3, -0.25) is 0 Å². The van der Waals surface area contributed by atoms with E-state index in [-0.39, 0.29) is 0 Å². The molecule has 18 heavy (non-hydrogen) atoms. The lowest BCUT2D eigenvalue weighted by atomic mass is 9.91. The Labute approximate surface area is 115 Å². The molecule has 1 N–H and O–H groups in total. The second kappa shape index (κ2) is 6.38. The maximum atomic E-state index is 3.94. The van der Waals surface area contributed by atoms with Crippen LogP contribution in [0, 0.1) is 17.3 Å². The van der Waals surface area contributed by atoms with Gasteiger partial charge >= 0.3 is 0 Å². The normalized spacial score (nSPS) is 29.2. The van der Waals surface area contributed by atoms with E-state index in [4.69, 9.17) is 0 Å². The minimum Gasteiger partial charge on any atom is -0.310 e. The van der Waals surface area contributed by atoms with Crippen LogP contribution in [0.4, 0.5) is 0 Å². The number of rotatable bonds is 6. The van der Waals surface area contributed by atoms with Crippen molar-refractivity contribution in [1.82, 2.24) is 10.2 Å². The van der Waals surface area contributed by atoms with Gasteiger partial charge in [0.05, 0.1) is 0 Å². The van der Waals surface area contributed by atoms with E-state index in [0.29, 0.717) is 17.5 Å². The molecule has 1 saturated carbocycles. The molecule has 1 fully saturated rings. The van der Waals surface area contributed by atoms with E-state index in [1.165, 1.54) is 19.3 Å². The molecule has 0 bridgehead atoms. The Morgan fingerprint density at radius 2 is 1.83 bits per heavy atom. The summed E-state index contributed by atoms with van der Waals surface area (Å²) in [6, 6.07) is 1.35. The van der Waals surface area contributed by atoms with Crippen LogP contribution in [-0.4, -0.2) is 37.6 Å². The van der Waals surface area contributed by atoms with Crippen molar-refractivity contribution in [3.63, 3.8) is 0 Å². The highest BCUT2D eigenvalue weighted by Crippen LogP contribution is 2.41. The highest BCUT2D eigenvalue weighted by atomic mass is 15.1. The Bertz CT molecular complexity index is 235. The summed E-state index contributed by atoms with van der Waals surface area (Å²) >= 11 is 0. The maximum absolute atomic E-state index is 3.94. The monoisotopic (exact) mass is 254 g/mol. The fraction of sp³-hybridized carbons (Fsp3) is 1.00. The molecule has 108 valence electrons. The zero-order chi connectivity index (χ0) is 13.9. The van der Waals surface area contributed by atoms with Crippen molar-refractivity contribution in [3.05, 3.63) is 0 Å². The molecule has 0 amide bonds. The average molecular weight is 254 g/mol. The van der Waals surface area contributed by atoms with Gasteiger partial charge in [0.15, 0.2) is 0 Å². The third-order valence-corrected chi connectivity index (χ3v) is 4.13. The van der Waals surface area contributed by atoms with Gasteiger partial charge < -0.3 is 10.2 Å². The van der Waals surface area contributed by atoms with Crippen LogP contribution < -0.4 is 5.32 Å². The first-order chi connectivity index (χ1) is 8.19. The summed E-state index contributed by atoms with van der Waals surface area (Å²) in [5.74, 6) is 1.59. The lowest BCUT2D eigenvalue weighted by Crippen LogP contribution is -2.45. The van der Waals surface area contributed by atoms with Gasteiger partial charge in [0, 0.05) is 18.6 Å². The molecule has 1 rings (SSSR count). The maximum Gasteiger partial charge on any atom is 0.0199 e. The van der Waals surface area contributed by atoms with Gasteiger partial charge in [-0.1, -0.05) is 34.6 Å². The van der Waals surface area contributed by atoms with Gasteiger partial charge in [-0.15, -0.1) is 0 Å². The van der Waals surface area contributed by atoms with E-state index >= 15 is 0 Å². The largest absolute Gasteiger partial charge is 0.310 e. The summed E-state index contributed by atoms with van der Waals surface area (Å²) < 4.78 is 0. The summed E-state index contributed by atoms with van der Waals surface area (Å²) in [5, 5.41) is 3.94. The third-order valence-electron chi connectivity index (χ3n) is 4.13. The van der Waals surface area contributed by atoms with E-state index in [2.05, 4.69) is 58.9 Å². The third kappa shape index (κ3) is 5.27. The van der Waals surface area contributed by atoms with Crippen LogP contribution in [0.5, 0.6) is 0 Å². The van der Waals surface area contributed by atoms with Crippen molar-refractivity contribution in [2.24, 2.45) is 17.3 Å². The van der Waals surface area contributed by atoms with Crippen molar-refractivity contribution < 1.29 is 0 Å². The number of nitrogens with one attached hydrogen (secondary N) is 1. The molecular formula is C16H34N2. The standard InChI is InChI=1S/C16H34N2/c1-12(2)8-14(11-18(6)7)17-15-10-16(4,5)9-13(15)3/h12-15,17H,8-11H2,1-7H3. The van der Waals surface area contributed by atoms with E-state index in [0.717, 1.165) is 18.4 Å². The lowest BCUT2D eigenvalue weighted by Gasteiger charge is -2.29. The van der Waals surface area contributed by atoms with Crippen LogP contribution in [0.1, 0.15) is 53.9 Å². The SMILES string of the molecule is CC(C)CC(CN(C)C)NC1CC(C)(C)CC1C. The summed E-state index contributed by atoms with van der Waals surface area (Å²) in [5.41, 5.74) is 0.525. The van der Waals surface area contributed by atoms with Gasteiger partial charge in [-0.05, 0) is 50.6 Å². The zero-order valence-corrected chi connectivity index (χ0v) is 13.6. The van der Waals surface area contributed by atoms with Crippen LogP contribution in [0.2, 0.25) is 0 Å². The second-order valence-corrected chi connectivity index (χ2v) is 7.91. The van der Waals surface area contributed by atoms with Gasteiger partial charge in [-0.25, -0.2) is 0 Å². The summed E-state index contributed by atoms with van der Waals surface area (Å²) in [7, 11) is 4.36. The molecule has 3 atom stereocenters. The minimum atomic E-state index is 0.525. The van der Waals surface area contributed by atoms with Gasteiger partial charge in [-0.2, -0.15) is 0 Å². The predicted molar refractivity (Wildman–Crippen MR) is 80.9 cm³/mol. The summed E-state index contributed by atoms with van der Waals surface area (Å²) in [6.45, 7) is 13.0. The number of hydrogen-bond acceptors (Lipinski definition) is 2. The Kier molecular flexibility index (Phi) is 5.67. The van der Waals surface area contributed by atoms with E-state index in [1.54, 1.807) is 0 Å². The van der Waals surface area contributed by atoms with E-state index in [9.17, 15) is 0 Å². The second-order valence-electron chi connectivity index (χ2n) is 7.91. The van der Waals surface area contributed by atoms with Crippen molar-refractivity contribution in [2.75, 3.05) is 20.6 Å². The lowest BCUT2D eigenvalue weighted by molar-refractivity contribution is 0.267. The molecule has 0 aromatic heterocycles. The molecule has 1 aliphatic carbocycles. The molecule has 3 unspecified atom stereocenters. The number of hydrogen-bond donors (Lipinski definition) is 1. The quantitative estimate of drug-likeness (QED) is 0.782. The van der Waals surface area contributed by atoms with Crippen LogP contribution >= 0.6 is 0 Å². The predicted octanol–water partition coefficient (Wildman–Crippen LogP) is 3.38. The molecule has 0 saturated heterocycles. The van der Waals surface area contributed by atoms with Crippen LogP contribution in [0.25, 0.3) is 0 Å². The molecular weight excluding hydrogens is 220 g/mol. The number of nitrogens with zero attached hydrogens (tertiary/aromatic N) is 1. The highest BCUT2D eigenvalue weighted by molar-refractivity contribution is 4.93. The summed E-state index contributed by atoms with van der Waals surface area (Å²) in [6.07, 6.45) is 3.97. The van der Waals surface area contributed by atoms with Crippen molar-refractivity contribution in [3.8, 4) is 0 Å².